The Bertz CT molecular complexity index is 423. The lowest BCUT2D eigenvalue weighted by molar-refractivity contribution is -0.138. The molecule has 0 radical (unpaired) electrons. The van der Waals surface area contributed by atoms with Crippen LogP contribution in [0, 0.1) is 0 Å². The number of hydrogen-bond donors (Lipinski definition) is 1. The van der Waals surface area contributed by atoms with Crippen molar-refractivity contribution in [3.8, 4) is 5.75 Å². The molecule has 106 valence electrons. The Balaban J connectivity index is 2.19. The van der Waals surface area contributed by atoms with Crippen LogP contribution in [0.25, 0.3) is 0 Å². The normalized spacial score (nSPS) is 18.3. The van der Waals surface area contributed by atoms with Gasteiger partial charge in [0.15, 0.2) is 0 Å². The zero-order chi connectivity index (χ0) is 13.9. The molecule has 1 heterocycles. The van der Waals surface area contributed by atoms with Crippen LogP contribution >= 0.6 is 0 Å². The molecule has 1 aliphatic heterocycles. The molecule has 1 N–H and O–H groups in total. The number of phenolic OH excluding ortho intramolecular Hbond substituents is 1. The average molecular weight is 273 g/mol. The third-order valence-electron chi connectivity index (χ3n) is 3.49. The molecule has 1 aromatic rings. The van der Waals surface area contributed by atoms with Crippen molar-refractivity contribution in [3.63, 3.8) is 0 Å². The van der Waals surface area contributed by atoms with Crippen molar-refractivity contribution in [2.45, 2.75) is 38.4 Å². The van der Waals surface area contributed by atoms with E-state index in [-0.39, 0.29) is 11.3 Å². The van der Waals surface area contributed by atoms with Gasteiger partial charge in [-0.1, -0.05) is 18.9 Å². The van der Waals surface area contributed by atoms with Crippen molar-refractivity contribution < 1.29 is 18.3 Å². The van der Waals surface area contributed by atoms with Gasteiger partial charge in [0, 0.05) is 6.54 Å². The van der Waals surface area contributed by atoms with Crippen LogP contribution in [0.15, 0.2) is 18.2 Å². The maximum atomic E-state index is 12.9. The highest BCUT2D eigenvalue weighted by atomic mass is 19.4. The summed E-state index contributed by atoms with van der Waals surface area (Å²) in [4.78, 5) is 2.06. The lowest BCUT2D eigenvalue weighted by Crippen LogP contribution is -2.25. The second kappa shape index (κ2) is 5.82. The zero-order valence-corrected chi connectivity index (χ0v) is 10.7. The molecule has 5 heteroatoms. The number of likely N-dealkylation sites (tertiary alicyclic amines) is 1. The molecular weight excluding hydrogens is 255 g/mol. The first kappa shape index (κ1) is 14.2. The van der Waals surface area contributed by atoms with Crippen LogP contribution < -0.4 is 0 Å². The van der Waals surface area contributed by atoms with Crippen molar-refractivity contribution in [1.82, 2.24) is 4.90 Å². The maximum absolute atomic E-state index is 12.9. The zero-order valence-electron chi connectivity index (χ0n) is 10.7. The Morgan fingerprint density at radius 2 is 1.68 bits per heavy atom. The van der Waals surface area contributed by atoms with Crippen LogP contribution in [0.1, 0.15) is 36.8 Å². The molecule has 2 rings (SSSR count). The molecule has 0 atom stereocenters. The first-order valence-corrected chi connectivity index (χ1v) is 6.58. The molecule has 19 heavy (non-hydrogen) atoms. The molecule has 1 saturated heterocycles. The third-order valence-corrected chi connectivity index (χ3v) is 3.49. The third kappa shape index (κ3) is 3.86. The number of nitrogens with zero attached hydrogens (tertiary/aromatic N) is 1. The van der Waals surface area contributed by atoms with Gasteiger partial charge in [0.25, 0.3) is 0 Å². The highest BCUT2D eigenvalue weighted by Crippen LogP contribution is 2.34. The second-order valence-corrected chi connectivity index (χ2v) is 5.03. The highest BCUT2D eigenvalue weighted by molar-refractivity contribution is 5.36. The van der Waals surface area contributed by atoms with E-state index in [0.717, 1.165) is 44.8 Å². The predicted molar refractivity (Wildman–Crippen MR) is 66.9 cm³/mol. The Kier molecular flexibility index (Phi) is 4.34. The molecule has 1 aliphatic rings. The lowest BCUT2D eigenvalue weighted by Gasteiger charge is -2.22. The van der Waals surface area contributed by atoms with Crippen LogP contribution in [-0.4, -0.2) is 23.1 Å². The molecular formula is C14H18F3NO. The van der Waals surface area contributed by atoms with E-state index < -0.39 is 11.7 Å². The van der Waals surface area contributed by atoms with E-state index in [1.165, 1.54) is 12.1 Å². The van der Waals surface area contributed by atoms with Gasteiger partial charge in [0.1, 0.15) is 5.75 Å². The van der Waals surface area contributed by atoms with Gasteiger partial charge >= 0.3 is 6.18 Å². The summed E-state index contributed by atoms with van der Waals surface area (Å²) in [5, 5.41) is 9.24. The smallest absolute Gasteiger partial charge is 0.416 e. The molecule has 0 amide bonds. The molecule has 0 spiro atoms. The largest absolute Gasteiger partial charge is 0.508 e. The van der Waals surface area contributed by atoms with Gasteiger partial charge in [-0.3, -0.25) is 4.90 Å². The number of hydrogen-bond acceptors (Lipinski definition) is 2. The molecule has 1 fully saturated rings. The minimum atomic E-state index is -4.42. The first-order valence-electron chi connectivity index (χ1n) is 6.58. The molecule has 0 bridgehead atoms. The van der Waals surface area contributed by atoms with Gasteiger partial charge in [-0.05, 0) is 43.6 Å². The standard InChI is InChI=1S/C14H18F3NO/c15-14(16,17)13-9-12(19)6-5-11(13)10-18-7-3-1-2-4-8-18/h5-6,9,19H,1-4,7-8,10H2. The van der Waals surface area contributed by atoms with E-state index in [1.54, 1.807) is 0 Å². The summed E-state index contributed by atoms with van der Waals surface area (Å²) in [5.74, 6) is -0.341. The summed E-state index contributed by atoms with van der Waals surface area (Å²) in [6.45, 7) is 1.99. The fraction of sp³-hybridized carbons (Fsp3) is 0.571. The number of rotatable bonds is 2. The summed E-state index contributed by atoms with van der Waals surface area (Å²) in [6, 6.07) is 3.51. The van der Waals surface area contributed by atoms with Gasteiger partial charge in [-0.25, -0.2) is 0 Å². The predicted octanol–water partition coefficient (Wildman–Crippen LogP) is 3.79. The fourth-order valence-corrected chi connectivity index (χ4v) is 2.50. The Morgan fingerprint density at radius 1 is 1.05 bits per heavy atom. The molecule has 0 unspecified atom stereocenters. The van der Waals surface area contributed by atoms with Crippen molar-refractivity contribution in [2.75, 3.05) is 13.1 Å². The number of phenols is 1. The van der Waals surface area contributed by atoms with Gasteiger partial charge in [0.05, 0.1) is 5.56 Å². The summed E-state index contributed by atoms with van der Waals surface area (Å²) >= 11 is 0. The van der Waals surface area contributed by atoms with Gasteiger partial charge in [0.2, 0.25) is 0 Å². The number of aromatic hydroxyl groups is 1. The van der Waals surface area contributed by atoms with Crippen molar-refractivity contribution in [2.24, 2.45) is 0 Å². The molecule has 0 aliphatic carbocycles. The van der Waals surface area contributed by atoms with E-state index in [9.17, 15) is 18.3 Å². The van der Waals surface area contributed by atoms with E-state index in [2.05, 4.69) is 4.90 Å². The SMILES string of the molecule is Oc1ccc(CN2CCCCCC2)c(C(F)(F)F)c1. The second-order valence-electron chi connectivity index (χ2n) is 5.03. The maximum Gasteiger partial charge on any atom is 0.416 e. The number of benzene rings is 1. The summed E-state index contributed by atoms with van der Waals surface area (Å²) in [6.07, 6.45) is -0.0325. The monoisotopic (exact) mass is 273 g/mol. The molecule has 2 nitrogen and oxygen atoms in total. The van der Waals surface area contributed by atoms with Crippen molar-refractivity contribution in [3.05, 3.63) is 29.3 Å². The van der Waals surface area contributed by atoms with Crippen LogP contribution in [0.2, 0.25) is 0 Å². The minimum Gasteiger partial charge on any atom is -0.508 e. The lowest BCUT2D eigenvalue weighted by atomic mass is 10.1. The highest BCUT2D eigenvalue weighted by Gasteiger charge is 2.34. The Hall–Kier alpha value is -1.23. The van der Waals surface area contributed by atoms with Gasteiger partial charge in [-0.2, -0.15) is 13.2 Å². The quantitative estimate of drug-likeness (QED) is 0.886. The first-order chi connectivity index (χ1) is 8.97. The number of alkyl halides is 3. The van der Waals surface area contributed by atoms with Crippen LogP contribution in [0.4, 0.5) is 13.2 Å². The number of halogens is 3. The van der Waals surface area contributed by atoms with E-state index >= 15 is 0 Å². The van der Waals surface area contributed by atoms with Gasteiger partial charge in [-0.15, -0.1) is 0 Å². The van der Waals surface area contributed by atoms with Gasteiger partial charge < -0.3 is 5.11 Å². The summed E-state index contributed by atoms with van der Waals surface area (Å²) in [7, 11) is 0. The van der Waals surface area contributed by atoms with Crippen LogP contribution in [0.3, 0.4) is 0 Å². The topological polar surface area (TPSA) is 23.5 Å². The van der Waals surface area contributed by atoms with Crippen molar-refractivity contribution in [1.29, 1.82) is 0 Å². The minimum absolute atomic E-state index is 0.243. The van der Waals surface area contributed by atoms with E-state index in [1.807, 2.05) is 0 Å². The Labute approximate surface area is 110 Å². The molecule has 0 aromatic heterocycles. The Morgan fingerprint density at radius 3 is 2.26 bits per heavy atom. The molecule has 0 saturated carbocycles. The average Bonchev–Trinajstić information content (AvgIpc) is 2.59. The summed E-state index contributed by atoms with van der Waals surface area (Å²) < 4.78 is 38.8. The van der Waals surface area contributed by atoms with E-state index in [0.29, 0.717) is 6.54 Å². The van der Waals surface area contributed by atoms with Crippen LogP contribution in [0.5, 0.6) is 5.75 Å². The van der Waals surface area contributed by atoms with E-state index in [4.69, 9.17) is 0 Å². The fourth-order valence-electron chi connectivity index (χ4n) is 2.50. The molecule has 1 aromatic carbocycles. The van der Waals surface area contributed by atoms with Crippen molar-refractivity contribution >= 4 is 0 Å². The van der Waals surface area contributed by atoms with Crippen LogP contribution in [-0.2, 0) is 12.7 Å². The summed E-state index contributed by atoms with van der Waals surface area (Å²) in [5.41, 5.74) is -0.482.